The molecule has 2 N–H and O–H groups in total. The van der Waals surface area contributed by atoms with Gasteiger partial charge in [0.15, 0.2) is 0 Å². The lowest BCUT2D eigenvalue weighted by Gasteiger charge is -2.21. The predicted molar refractivity (Wildman–Crippen MR) is 73.4 cm³/mol. The van der Waals surface area contributed by atoms with E-state index in [0.29, 0.717) is 0 Å². The molecule has 17 heavy (non-hydrogen) atoms. The third-order valence-electron chi connectivity index (χ3n) is 2.26. The molecule has 4 nitrogen and oxygen atoms in total. The predicted octanol–water partition coefficient (Wildman–Crippen LogP) is 3.29. The highest BCUT2D eigenvalue weighted by atomic mass is 15.1. The fraction of sp³-hybridized carbons (Fsp3) is 0.692. The minimum absolute atomic E-state index is 0.0217. The van der Waals surface area contributed by atoms with Crippen molar-refractivity contribution in [2.45, 2.75) is 52.5 Å². The summed E-state index contributed by atoms with van der Waals surface area (Å²) in [6.07, 6.45) is 5.27. The lowest BCUT2D eigenvalue weighted by molar-refractivity contribution is 0.630. The molecule has 0 aromatic carbocycles. The Morgan fingerprint density at radius 2 is 1.82 bits per heavy atom. The van der Waals surface area contributed by atoms with Crippen LogP contribution in [0.3, 0.4) is 0 Å². The molecule has 1 rings (SSSR count). The Morgan fingerprint density at radius 1 is 1.12 bits per heavy atom. The first-order valence-electron chi connectivity index (χ1n) is 6.35. The molecule has 0 atom stereocenters. The second kappa shape index (κ2) is 6.42. The van der Waals surface area contributed by atoms with Gasteiger partial charge in [0.2, 0.25) is 0 Å². The average molecular weight is 236 g/mol. The van der Waals surface area contributed by atoms with E-state index in [1.165, 1.54) is 19.3 Å². The lowest BCUT2D eigenvalue weighted by atomic mass is 10.1. The smallest absolute Gasteiger partial charge is 0.131 e. The van der Waals surface area contributed by atoms with Crippen molar-refractivity contribution in [2.75, 3.05) is 17.2 Å². The van der Waals surface area contributed by atoms with E-state index in [4.69, 9.17) is 0 Å². The van der Waals surface area contributed by atoms with Crippen molar-refractivity contribution in [1.29, 1.82) is 0 Å². The maximum Gasteiger partial charge on any atom is 0.131 e. The molecule has 0 aliphatic carbocycles. The summed E-state index contributed by atoms with van der Waals surface area (Å²) in [5, 5.41) is 6.65. The first-order chi connectivity index (χ1) is 8.01. The van der Waals surface area contributed by atoms with Crippen LogP contribution in [-0.2, 0) is 0 Å². The van der Waals surface area contributed by atoms with Gasteiger partial charge in [-0.1, -0.05) is 19.8 Å². The van der Waals surface area contributed by atoms with E-state index >= 15 is 0 Å². The van der Waals surface area contributed by atoms with Gasteiger partial charge in [0.25, 0.3) is 0 Å². The molecule has 0 amide bonds. The molecule has 1 aromatic rings. The van der Waals surface area contributed by atoms with E-state index in [2.05, 4.69) is 48.3 Å². The summed E-state index contributed by atoms with van der Waals surface area (Å²) < 4.78 is 0. The Hall–Kier alpha value is -1.32. The molecule has 0 aliphatic rings. The summed E-state index contributed by atoms with van der Waals surface area (Å²) in [7, 11) is 0. The Labute approximate surface area is 104 Å². The van der Waals surface area contributed by atoms with E-state index in [0.717, 1.165) is 18.2 Å². The second-order valence-corrected chi connectivity index (χ2v) is 5.30. The molecule has 0 saturated carbocycles. The summed E-state index contributed by atoms with van der Waals surface area (Å²) in [4.78, 5) is 8.41. The molecule has 4 heteroatoms. The SMILES string of the molecule is CCCCCNc1cc(NC(C)(C)C)ncn1. The fourth-order valence-electron chi connectivity index (χ4n) is 1.50. The molecular formula is C13H24N4. The van der Waals surface area contributed by atoms with Gasteiger partial charge in [-0.3, -0.25) is 0 Å². The summed E-state index contributed by atoms with van der Waals surface area (Å²) in [6.45, 7) is 9.52. The number of anilines is 2. The lowest BCUT2D eigenvalue weighted by Crippen LogP contribution is -2.26. The van der Waals surface area contributed by atoms with E-state index < -0.39 is 0 Å². The molecular weight excluding hydrogens is 212 g/mol. The molecule has 96 valence electrons. The Balaban J connectivity index is 2.48. The number of aromatic nitrogens is 2. The zero-order chi connectivity index (χ0) is 12.7. The summed E-state index contributed by atoms with van der Waals surface area (Å²) >= 11 is 0. The van der Waals surface area contributed by atoms with Gasteiger partial charge in [-0.2, -0.15) is 0 Å². The molecule has 0 aliphatic heterocycles. The number of hydrogen-bond acceptors (Lipinski definition) is 4. The molecule has 0 saturated heterocycles. The number of hydrogen-bond donors (Lipinski definition) is 2. The minimum atomic E-state index is 0.0217. The highest BCUT2D eigenvalue weighted by Gasteiger charge is 2.10. The van der Waals surface area contributed by atoms with Crippen LogP contribution in [0, 0.1) is 0 Å². The standard InChI is InChI=1S/C13H24N4/c1-5-6-7-8-14-11-9-12(16-10-15-11)17-13(2,3)4/h9-10H,5-8H2,1-4H3,(H2,14,15,16,17). The van der Waals surface area contributed by atoms with Crippen molar-refractivity contribution in [3.05, 3.63) is 12.4 Å². The molecule has 0 spiro atoms. The molecule has 1 aromatic heterocycles. The fourth-order valence-corrected chi connectivity index (χ4v) is 1.50. The Morgan fingerprint density at radius 3 is 2.47 bits per heavy atom. The van der Waals surface area contributed by atoms with E-state index in [1.54, 1.807) is 6.33 Å². The van der Waals surface area contributed by atoms with E-state index in [1.807, 2.05) is 6.07 Å². The topological polar surface area (TPSA) is 49.8 Å². The molecule has 0 fully saturated rings. The second-order valence-electron chi connectivity index (χ2n) is 5.30. The quantitative estimate of drug-likeness (QED) is 0.744. The van der Waals surface area contributed by atoms with Gasteiger partial charge in [0.1, 0.15) is 18.0 Å². The number of unbranched alkanes of at least 4 members (excludes halogenated alkanes) is 2. The maximum absolute atomic E-state index is 4.21. The van der Waals surface area contributed by atoms with Crippen LogP contribution in [0.25, 0.3) is 0 Å². The van der Waals surface area contributed by atoms with Gasteiger partial charge >= 0.3 is 0 Å². The van der Waals surface area contributed by atoms with Crippen LogP contribution in [0.4, 0.5) is 11.6 Å². The van der Waals surface area contributed by atoms with E-state index in [-0.39, 0.29) is 5.54 Å². The highest BCUT2D eigenvalue weighted by molar-refractivity contribution is 5.47. The largest absolute Gasteiger partial charge is 0.370 e. The number of nitrogens with one attached hydrogen (secondary N) is 2. The molecule has 1 heterocycles. The van der Waals surface area contributed by atoms with Crippen molar-refractivity contribution in [3.63, 3.8) is 0 Å². The molecule has 0 radical (unpaired) electrons. The van der Waals surface area contributed by atoms with Crippen LogP contribution in [-0.4, -0.2) is 22.1 Å². The van der Waals surface area contributed by atoms with Gasteiger partial charge in [0, 0.05) is 18.2 Å². The first-order valence-corrected chi connectivity index (χ1v) is 6.35. The Bertz CT molecular complexity index is 330. The van der Waals surface area contributed by atoms with Crippen molar-refractivity contribution in [3.8, 4) is 0 Å². The highest BCUT2D eigenvalue weighted by Crippen LogP contribution is 2.14. The zero-order valence-corrected chi connectivity index (χ0v) is 11.4. The van der Waals surface area contributed by atoms with Gasteiger partial charge < -0.3 is 10.6 Å². The van der Waals surface area contributed by atoms with Crippen LogP contribution in [0.2, 0.25) is 0 Å². The van der Waals surface area contributed by atoms with Crippen molar-refractivity contribution in [2.24, 2.45) is 0 Å². The summed E-state index contributed by atoms with van der Waals surface area (Å²) in [5.74, 6) is 1.76. The summed E-state index contributed by atoms with van der Waals surface area (Å²) in [5.41, 5.74) is 0.0217. The van der Waals surface area contributed by atoms with Crippen LogP contribution in [0.1, 0.15) is 47.0 Å². The van der Waals surface area contributed by atoms with Crippen molar-refractivity contribution < 1.29 is 0 Å². The maximum atomic E-state index is 4.21. The minimum Gasteiger partial charge on any atom is -0.370 e. The van der Waals surface area contributed by atoms with Gasteiger partial charge in [0.05, 0.1) is 0 Å². The average Bonchev–Trinajstić information content (AvgIpc) is 2.23. The van der Waals surface area contributed by atoms with Crippen LogP contribution in [0.5, 0.6) is 0 Å². The van der Waals surface area contributed by atoms with Crippen LogP contribution >= 0.6 is 0 Å². The zero-order valence-electron chi connectivity index (χ0n) is 11.4. The van der Waals surface area contributed by atoms with Gasteiger partial charge in [-0.25, -0.2) is 9.97 Å². The Kier molecular flexibility index (Phi) is 5.19. The van der Waals surface area contributed by atoms with Gasteiger partial charge in [-0.05, 0) is 27.2 Å². The molecule has 0 unspecified atom stereocenters. The first kappa shape index (κ1) is 13.7. The van der Waals surface area contributed by atoms with Gasteiger partial charge in [-0.15, -0.1) is 0 Å². The van der Waals surface area contributed by atoms with Crippen LogP contribution in [0.15, 0.2) is 12.4 Å². The van der Waals surface area contributed by atoms with Crippen molar-refractivity contribution >= 4 is 11.6 Å². The van der Waals surface area contributed by atoms with Crippen LogP contribution < -0.4 is 10.6 Å². The third-order valence-corrected chi connectivity index (χ3v) is 2.26. The summed E-state index contributed by atoms with van der Waals surface area (Å²) in [6, 6.07) is 1.96. The monoisotopic (exact) mass is 236 g/mol. The normalized spacial score (nSPS) is 11.3. The molecule has 0 bridgehead atoms. The number of rotatable bonds is 6. The van der Waals surface area contributed by atoms with Crippen molar-refractivity contribution in [1.82, 2.24) is 9.97 Å². The van der Waals surface area contributed by atoms with E-state index in [9.17, 15) is 0 Å². The third kappa shape index (κ3) is 6.09. The number of nitrogens with zero attached hydrogens (tertiary/aromatic N) is 2.